The summed E-state index contributed by atoms with van der Waals surface area (Å²) >= 11 is 0. The number of nitrogens with zero attached hydrogens (tertiary/aromatic N) is 4. The Bertz CT molecular complexity index is 306. The number of hydrogen-bond donors (Lipinski definition) is 1. The minimum absolute atomic E-state index is 0.0917. The van der Waals surface area contributed by atoms with Crippen LogP contribution in [0.1, 0.15) is 64.7 Å². The van der Waals surface area contributed by atoms with E-state index in [1.165, 1.54) is 25.7 Å². The Labute approximate surface area is 104 Å². The van der Waals surface area contributed by atoms with Crippen LogP contribution >= 0.6 is 0 Å². The van der Waals surface area contributed by atoms with Crippen molar-refractivity contribution in [2.24, 2.45) is 11.7 Å². The predicted molar refractivity (Wildman–Crippen MR) is 68.3 cm³/mol. The maximum absolute atomic E-state index is 5.78. The zero-order valence-corrected chi connectivity index (χ0v) is 11.3. The molecule has 0 radical (unpaired) electrons. The Hall–Kier alpha value is -0.970. The lowest BCUT2D eigenvalue weighted by atomic mass is 10.0. The molecule has 17 heavy (non-hydrogen) atoms. The lowest BCUT2D eigenvalue weighted by molar-refractivity contribution is 0.476. The number of nitrogens with two attached hydrogens (primary N) is 1. The van der Waals surface area contributed by atoms with Gasteiger partial charge in [0.05, 0.1) is 6.04 Å². The molecule has 0 aromatic carbocycles. The van der Waals surface area contributed by atoms with Crippen LogP contribution in [0.2, 0.25) is 0 Å². The van der Waals surface area contributed by atoms with Crippen LogP contribution in [-0.2, 0) is 6.54 Å². The van der Waals surface area contributed by atoms with Gasteiger partial charge in [0.15, 0.2) is 5.82 Å². The molecule has 1 heterocycles. The first kappa shape index (κ1) is 14.1. The molecule has 1 atom stereocenters. The maximum atomic E-state index is 5.78. The Balaban J connectivity index is 2.16. The van der Waals surface area contributed by atoms with Gasteiger partial charge in [0, 0.05) is 6.54 Å². The summed E-state index contributed by atoms with van der Waals surface area (Å²) in [7, 11) is 0. The Morgan fingerprint density at radius 2 is 1.82 bits per heavy atom. The quantitative estimate of drug-likeness (QED) is 0.707. The smallest absolute Gasteiger partial charge is 0.167 e. The van der Waals surface area contributed by atoms with E-state index in [-0.39, 0.29) is 6.04 Å². The number of hydrogen-bond acceptors (Lipinski definition) is 4. The molecular formula is C12H25N5. The fourth-order valence-electron chi connectivity index (χ4n) is 1.86. The average molecular weight is 239 g/mol. The lowest BCUT2D eigenvalue weighted by Crippen LogP contribution is -2.14. The molecule has 0 amide bonds. The SMILES string of the molecule is CC(C)CCCCCCn1nnnc1C(C)N. The summed E-state index contributed by atoms with van der Waals surface area (Å²) in [5, 5.41) is 11.6. The summed E-state index contributed by atoms with van der Waals surface area (Å²) < 4.78 is 1.83. The molecule has 0 spiro atoms. The van der Waals surface area contributed by atoms with Crippen LogP contribution in [0.3, 0.4) is 0 Å². The molecule has 0 aliphatic heterocycles. The molecule has 1 aromatic rings. The predicted octanol–water partition coefficient (Wildman–Crippen LogP) is 2.30. The van der Waals surface area contributed by atoms with Crippen LogP contribution in [0.5, 0.6) is 0 Å². The van der Waals surface area contributed by atoms with E-state index < -0.39 is 0 Å². The third-order valence-electron chi connectivity index (χ3n) is 2.87. The van der Waals surface area contributed by atoms with Crippen LogP contribution < -0.4 is 5.73 Å². The fraction of sp³-hybridized carbons (Fsp3) is 0.917. The molecule has 0 bridgehead atoms. The first-order valence-corrected chi connectivity index (χ1v) is 6.63. The molecular weight excluding hydrogens is 214 g/mol. The van der Waals surface area contributed by atoms with E-state index >= 15 is 0 Å². The molecule has 5 heteroatoms. The number of unbranched alkanes of at least 4 members (excludes halogenated alkanes) is 3. The topological polar surface area (TPSA) is 69.6 Å². The number of tetrazole rings is 1. The minimum atomic E-state index is -0.0917. The molecule has 0 fully saturated rings. The van der Waals surface area contributed by atoms with Crippen molar-refractivity contribution in [1.29, 1.82) is 0 Å². The van der Waals surface area contributed by atoms with E-state index in [2.05, 4.69) is 29.4 Å². The molecule has 0 saturated carbocycles. The number of rotatable bonds is 8. The van der Waals surface area contributed by atoms with E-state index in [0.29, 0.717) is 0 Å². The first-order chi connectivity index (χ1) is 8.11. The standard InChI is InChI=1S/C12H25N5/c1-10(2)8-6-4-5-7-9-17-12(11(3)13)14-15-16-17/h10-11H,4-9,13H2,1-3H3. The molecule has 0 aliphatic carbocycles. The van der Waals surface area contributed by atoms with Crippen LogP contribution in [0.25, 0.3) is 0 Å². The van der Waals surface area contributed by atoms with Gasteiger partial charge in [-0.3, -0.25) is 0 Å². The molecule has 98 valence electrons. The van der Waals surface area contributed by atoms with E-state index in [0.717, 1.165) is 24.7 Å². The monoisotopic (exact) mass is 239 g/mol. The highest BCUT2D eigenvalue weighted by Crippen LogP contribution is 2.11. The number of aryl methyl sites for hydroxylation is 1. The van der Waals surface area contributed by atoms with Crippen molar-refractivity contribution < 1.29 is 0 Å². The van der Waals surface area contributed by atoms with Gasteiger partial charge >= 0.3 is 0 Å². The van der Waals surface area contributed by atoms with Crippen molar-refractivity contribution in [3.05, 3.63) is 5.82 Å². The van der Waals surface area contributed by atoms with Crippen molar-refractivity contribution in [3.63, 3.8) is 0 Å². The van der Waals surface area contributed by atoms with Gasteiger partial charge in [-0.25, -0.2) is 4.68 Å². The highest BCUT2D eigenvalue weighted by Gasteiger charge is 2.09. The molecule has 0 aliphatic rings. The van der Waals surface area contributed by atoms with E-state index in [9.17, 15) is 0 Å². The second kappa shape index (κ2) is 7.37. The summed E-state index contributed by atoms with van der Waals surface area (Å²) in [6.07, 6.45) is 6.32. The van der Waals surface area contributed by atoms with Gasteiger partial charge < -0.3 is 5.73 Å². The van der Waals surface area contributed by atoms with E-state index in [1.54, 1.807) is 0 Å². The minimum Gasteiger partial charge on any atom is -0.322 e. The maximum Gasteiger partial charge on any atom is 0.167 e. The Morgan fingerprint density at radius 1 is 1.12 bits per heavy atom. The largest absolute Gasteiger partial charge is 0.322 e. The molecule has 1 aromatic heterocycles. The van der Waals surface area contributed by atoms with Crippen molar-refractivity contribution in [2.45, 2.75) is 65.5 Å². The van der Waals surface area contributed by atoms with Gasteiger partial charge in [0.1, 0.15) is 0 Å². The van der Waals surface area contributed by atoms with Crippen molar-refractivity contribution in [2.75, 3.05) is 0 Å². The third-order valence-corrected chi connectivity index (χ3v) is 2.87. The summed E-state index contributed by atoms with van der Waals surface area (Å²) in [5.41, 5.74) is 5.78. The first-order valence-electron chi connectivity index (χ1n) is 6.63. The highest BCUT2D eigenvalue weighted by atomic mass is 15.5. The van der Waals surface area contributed by atoms with Crippen LogP contribution in [0, 0.1) is 5.92 Å². The second-order valence-corrected chi connectivity index (χ2v) is 5.15. The summed E-state index contributed by atoms with van der Waals surface area (Å²) in [5.74, 6) is 1.60. The highest BCUT2D eigenvalue weighted by molar-refractivity contribution is 4.87. The van der Waals surface area contributed by atoms with Gasteiger partial charge in [0.2, 0.25) is 0 Å². The summed E-state index contributed by atoms with van der Waals surface area (Å²) in [6.45, 7) is 7.34. The molecule has 5 nitrogen and oxygen atoms in total. The Kier molecular flexibility index (Phi) is 6.11. The van der Waals surface area contributed by atoms with Gasteiger partial charge in [-0.15, -0.1) is 5.10 Å². The van der Waals surface area contributed by atoms with Crippen molar-refractivity contribution in [3.8, 4) is 0 Å². The third kappa shape index (κ3) is 5.26. The van der Waals surface area contributed by atoms with Gasteiger partial charge in [-0.05, 0) is 29.7 Å². The van der Waals surface area contributed by atoms with Gasteiger partial charge in [-0.1, -0.05) is 39.5 Å². The molecule has 1 rings (SSSR count). The van der Waals surface area contributed by atoms with E-state index in [1.807, 2.05) is 11.6 Å². The number of aromatic nitrogens is 4. The summed E-state index contributed by atoms with van der Waals surface area (Å²) in [6, 6.07) is -0.0917. The second-order valence-electron chi connectivity index (χ2n) is 5.15. The zero-order chi connectivity index (χ0) is 12.7. The van der Waals surface area contributed by atoms with Crippen molar-refractivity contribution in [1.82, 2.24) is 20.2 Å². The lowest BCUT2D eigenvalue weighted by Gasteiger charge is -2.07. The van der Waals surface area contributed by atoms with Gasteiger partial charge in [-0.2, -0.15) is 0 Å². The molecule has 1 unspecified atom stereocenters. The summed E-state index contributed by atoms with van der Waals surface area (Å²) in [4.78, 5) is 0. The van der Waals surface area contributed by atoms with Gasteiger partial charge in [0.25, 0.3) is 0 Å². The van der Waals surface area contributed by atoms with Crippen LogP contribution in [-0.4, -0.2) is 20.2 Å². The van der Waals surface area contributed by atoms with Crippen LogP contribution in [0.15, 0.2) is 0 Å². The average Bonchev–Trinajstić information content (AvgIpc) is 2.71. The molecule has 0 saturated heterocycles. The van der Waals surface area contributed by atoms with Crippen molar-refractivity contribution >= 4 is 0 Å². The zero-order valence-electron chi connectivity index (χ0n) is 11.3. The Morgan fingerprint density at radius 3 is 2.47 bits per heavy atom. The van der Waals surface area contributed by atoms with E-state index in [4.69, 9.17) is 5.73 Å². The fourth-order valence-corrected chi connectivity index (χ4v) is 1.86. The normalized spacial score (nSPS) is 13.2. The van der Waals surface area contributed by atoms with Crippen LogP contribution in [0.4, 0.5) is 0 Å². The molecule has 2 N–H and O–H groups in total.